The molecule has 18 heavy (non-hydrogen) atoms. The van der Waals surface area contributed by atoms with E-state index in [0.29, 0.717) is 6.54 Å². The number of likely N-dealkylation sites (N-methyl/N-ethyl adjacent to an activating group) is 1. The fourth-order valence-corrected chi connectivity index (χ4v) is 2.42. The van der Waals surface area contributed by atoms with Crippen LogP contribution in [0.2, 0.25) is 0 Å². The monoisotopic (exact) mass is 251 g/mol. The first-order valence-electron chi connectivity index (χ1n) is 6.30. The van der Waals surface area contributed by atoms with Crippen molar-refractivity contribution >= 4 is 5.91 Å². The fraction of sp³-hybridized carbons (Fsp3) is 0.692. The fourth-order valence-electron chi connectivity index (χ4n) is 2.42. The molecule has 2 heterocycles. The van der Waals surface area contributed by atoms with E-state index in [2.05, 4.69) is 25.9 Å². The predicted octanol–water partition coefficient (Wildman–Crippen LogP) is 1.51. The standard InChI is InChI=1S/C13H21N3O2/c1-13(2,3)16-7-5-11(12(16)17)15(4)9-10-6-8-18-14-10/h6,8,11H,5,7,9H2,1-4H3/t11-/m0/s1. The predicted molar refractivity (Wildman–Crippen MR) is 67.8 cm³/mol. The summed E-state index contributed by atoms with van der Waals surface area (Å²) in [5.41, 5.74) is 0.764. The molecule has 1 atom stereocenters. The number of carbonyl (C=O) groups is 1. The van der Waals surface area contributed by atoms with Gasteiger partial charge in [-0.3, -0.25) is 9.69 Å². The molecule has 1 amide bonds. The molecule has 0 saturated carbocycles. The third-order valence-corrected chi connectivity index (χ3v) is 3.42. The van der Waals surface area contributed by atoms with Crippen LogP contribution in [-0.2, 0) is 11.3 Å². The molecule has 1 aromatic heterocycles. The van der Waals surface area contributed by atoms with Crippen molar-refractivity contribution in [1.82, 2.24) is 15.0 Å². The highest BCUT2D eigenvalue weighted by Crippen LogP contribution is 2.25. The zero-order valence-corrected chi connectivity index (χ0v) is 11.5. The van der Waals surface area contributed by atoms with Crippen molar-refractivity contribution in [3.05, 3.63) is 18.0 Å². The van der Waals surface area contributed by atoms with Gasteiger partial charge in [0.25, 0.3) is 0 Å². The minimum absolute atomic E-state index is 0.0408. The summed E-state index contributed by atoms with van der Waals surface area (Å²) in [6, 6.07) is 1.79. The van der Waals surface area contributed by atoms with Crippen molar-refractivity contribution in [2.45, 2.75) is 45.3 Å². The number of carbonyl (C=O) groups excluding carboxylic acids is 1. The lowest BCUT2D eigenvalue weighted by Crippen LogP contribution is -2.46. The van der Waals surface area contributed by atoms with Crippen LogP contribution in [0.3, 0.4) is 0 Å². The van der Waals surface area contributed by atoms with Crippen molar-refractivity contribution < 1.29 is 9.32 Å². The van der Waals surface area contributed by atoms with Gasteiger partial charge in [0.2, 0.25) is 5.91 Å². The van der Waals surface area contributed by atoms with E-state index in [0.717, 1.165) is 18.7 Å². The number of nitrogens with zero attached hydrogens (tertiary/aromatic N) is 3. The topological polar surface area (TPSA) is 49.6 Å². The van der Waals surface area contributed by atoms with E-state index in [-0.39, 0.29) is 17.5 Å². The molecule has 5 nitrogen and oxygen atoms in total. The third-order valence-electron chi connectivity index (χ3n) is 3.42. The molecule has 1 aliphatic heterocycles. The Morgan fingerprint density at radius 2 is 2.28 bits per heavy atom. The number of hydrogen-bond acceptors (Lipinski definition) is 4. The van der Waals surface area contributed by atoms with E-state index in [9.17, 15) is 4.79 Å². The molecule has 0 spiro atoms. The summed E-state index contributed by atoms with van der Waals surface area (Å²) in [7, 11) is 1.96. The molecule has 0 N–H and O–H groups in total. The lowest BCUT2D eigenvalue weighted by atomic mass is 10.1. The smallest absolute Gasteiger partial charge is 0.240 e. The first-order valence-corrected chi connectivity index (χ1v) is 6.30. The van der Waals surface area contributed by atoms with Crippen LogP contribution in [0.15, 0.2) is 16.9 Å². The summed E-state index contributed by atoms with van der Waals surface area (Å²) in [4.78, 5) is 16.4. The van der Waals surface area contributed by atoms with E-state index >= 15 is 0 Å². The Kier molecular flexibility index (Phi) is 3.43. The molecule has 0 radical (unpaired) electrons. The summed E-state index contributed by atoms with van der Waals surface area (Å²) in [5.74, 6) is 0.216. The quantitative estimate of drug-likeness (QED) is 0.817. The molecule has 1 aliphatic rings. The molecule has 0 aliphatic carbocycles. The van der Waals surface area contributed by atoms with Gasteiger partial charge in [0, 0.05) is 24.7 Å². The van der Waals surface area contributed by atoms with Gasteiger partial charge >= 0.3 is 0 Å². The number of likely N-dealkylation sites (tertiary alicyclic amines) is 1. The van der Waals surface area contributed by atoms with Crippen molar-refractivity contribution in [2.24, 2.45) is 0 Å². The van der Waals surface area contributed by atoms with E-state index in [1.54, 1.807) is 6.26 Å². The normalized spacial score (nSPS) is 21.1. The largest absolute Gasteiger partial charge is 0.364 e. The highest BCUT2D eigenvalue weighted by atomic mass is 16.5. The van der Waals surface area contributed by atoms with Gasteiger partial charge < -0.3 is 9.42 Å². The van der Waals surface area contributed by atoms with Crippen LogP contribution in [0.25, 0.3) is 0 Å². The zero-order valence-electron chi connectivity index (χ0n) is 11.5. The third kappa shape index (κ3) is 2.56. The van der Waals surface area contributed by atoms with Gasteiger partial charge in [-0.1, -0.05) is 5.16 Å². The number of amides is 1. The lowest BCUT2D eigenvalue weighted by Gasteiger charge is -2.32. The Morgan fingerprint density at radius 1 is 1.56 bits per heavy atom. The SMILES string of the molecule is CN(Cc1ccon1)[C@H]1CCN(C(C)(C)C)C1=O. The van der Waals surface area contributed by atoms with Gasteiger partial charge in [-0.2, -0.15) is 0 Å². The van der Waals surface area contributed by atoms with E-state index in [4.69, 9.17) is 4.52 Å². The van der Waals surface area contributed by atoms with Gasteiger partial charge in [0.1, 0.15) is 6.26 Å². The van der Waals surface area contributed by atoms with Gasteiger partial charge in [-0.15, -0.1) is 0 Å². The maximum atomic E-state index is 12.4. The molecule has 2 rings (SSSR count). The van der Waals surface area contributed by atoms with E-state index in [1.165, 1.54) is 0 Å². The summed E-state index contributed by atoms with van der Waals surface area (Å²) in [6.07, 6.45) is 2.44. The van der Waals surface area contributed by atoms with E-state index in [1.807, 2.05) is 22.9 Å². The van der Waals surface area contributed by atoms with Gasteiger partial charge in [0.15, 0.2) is 0 Å². The second-order valence-electron chi connectivity index (χ2n) is 5.87. The van der Waals surface area contributed by atoms with Crippen LogP contribution in [0.4, 0.5) is 0 Å². The average Bonchev–Trinajstić information content (AvgIpc) is 2.85. The molecule has 1 fully saturated rings. The van der Waals surface area contributed by atoms with Crippen molar-refractivity contribution in [2.75, 3.05) is 13.6 Å². The Bertz CT molecular complexity index is 408. The first-order chi connectivity index (χ1) is 8.39. The maximum absolute atomic E-state index is 12.4. The van der Waals surface area contributed by atoms with Crippen LogP contribution in [0, 0.1) is 0 Å². The first kappa shape index (κ1) is 13.1. The highest BCUT2D eigenvalue weighted by molar-refractivity contribution is 5.84. The van der Waals surface area contributed by atoms with Crippen LogP contribution in [-0.4, -0.2) is 46.0 Å². The molecule has 1 aromatic rings. The van der Waals surface area contributed by atoms with E-state index < -0.39 is 0 Å². The van der Waals surface area contributed by atoms with Crippen LogP contribution < -0.4 is 0 Å². The Balaban J connectivity index is 2.00. The minimum Gasteiger partial charge on any atom is -0.364 e. The molecule has 1 saturated heterocycles. The maximum Gasteiger partial charge on any atom is 0.240 e. The molecule has 5 heteroatoms. The molecule has 0 unspecified atom stereocenters. The summed E-state index contributed by atoms with van der Waals surface area (Å²) < 4.78 is 4.81. The minimum atomic E-state index is -0.0967. The van der Waals surface area contributed by atoms with Gasteiger partial charge in [0.05, 0.1) is 11.7 Å². The average molecular weight is 251 g/mol. The van der Waals surface area contributed by atoms with Crippen LogP contribution >= 0.6 is 0 Å². The van der Waals surface area contributed by atoms with Crippen LogP contribution in [0.1, 0.15) is 32.9 Å². The highest BCUT2D eigenvalue weighted by Gasteiger charge is 2.39. The number of rotatable bonds is 3. The van der Waals surface area contributed by atoms with Crippen molar-refractivity contribution in [1.29, 1.82) is 0 Å². The summed E-state index contributed by atoms with van der Waals surface area (Å²) in [5, 5.41) is 3.88. The Hall–Kier alpha value is -1.36. The van der Waals surface area contributed by atoms with Gasteiger partial charge in [-0.25, -0.2) is 0 Å². The lowest BCUT2D eigenvalue weighted by molar-refractivity contribution is -0.135. The Morgan fingerprint density at radius 3 is 2.78 bits per heavy atom. The molecule has 0 aromatic carbocycles. The molecule has 100 valence electrons. The number of hydrogen-bond donors (Lipinski definition) is 0. The van der Waals surface area contributed by atoms with Gasteiger partial charge in [-0.05, 0) is 34.2 Å². The number of aromatic nitrogens is 1. The molecular weight excluding hydrogens is 230 g/mol. The summed E-state index contributed by atoms with van der Waals surface area (Å²) >= 11 is 0. The van der Waals surface area contributed by atoms with Crippen molar-refractivity contribution in [3.8, 4) is 0 Å². The molecular formula is C13H21N3O2. The second-order valence-corrected chi connectivity index (χ2v) is 5.87. The van der Waals surface area contributed by atoms with Crippen LogP contribution in [0.5, 0.6) is 0 Å². The second kappa shape index (κ2) is 4.72. The molecule has 0 bridgehead atoms. The summed E-state index contributed by atoms with van der Waals surface area (Å²) in [6.45, 7) is 7.70. The Labute approximate surface area is 108 Å². The van der Waals surface area contributed by atoms with Crippen molar-refractivity contribution in [3.63, 3.8) is 0 Å². The zero-order chi connectivity index (χ0) is 13.3.